The van der Waals surface area contributed by atoms with Crippen molar-refractivity contribution in [3.63, 3.8) is 0 Å². The molecule has 2 aromatic rings. The van der Waals surface area contributed by atoms with Crippen LogP contribution in [-0.4, -0.2) is 33.6 Å². The molecule has 0 aliphatic heterocycles. The number of aliphatic hydroxyl groups is 1. The summed E-state index contributed by atoms with van der Waals surface area (Å²) in [6.45, 7) is 4.37. The summed E-state index contributed by atoms with van der Waals surface area (Å²) in [6, 6.07) is 15.4. The van der Waals surface area contributed by atoms with Crippen molar-refractivity contribution < 1.29 is 14.4 Å². The van der Waals surface area contributed by atoms with Crippen LogP contribution in [0, 0.1) is 0 Å². The molecular formula is C20H26ClNO3S. The van der Waals surface area contributed by atoms with E-state index in [4.69, 9.17) is 16.3 Å². The number of benzene rings is 2. The molecule has 142 valence electrons. The summed E-state index contributed by atoms with van der Waals surface area (Å²) >= 11 is 5.96. The highest BCUT2D eigenvalue weighted by molar-refractivity contribution is 8.09. The van der Waals surface area contributed by atoms with Gasteiger partial charge in [0.05, 0.1) is 6.10 Å². The van der Waals surface area contributed by atoms with Gasteiger partial charge in [-0.25, -0.2) is 0 Å². The molecule has 26 heavy (non-hydrogen) atoms. The van der Waals surface area contributed by atoms with Crippen LogP contribution in [0.15, 0.2) is 48.5 Å². The van der Waals surface area contributed by atoms with Crippen LogP contribution in [0.2, 0.25) is 5.02 Å². The van der Waals surface area contributed by atoms with Crippen molar-refractivity contribution in [3.05, 3.63) is 64.7 Å². The Morgan fingerprint density at radius 2 is 1.96 bits per heavy atom. The van der Waals surface area contributed by atoms with E-state index in [1.165, 1.54) is 5.56 Å². The molecule has 0 aliphatic carbocycles. The molecule has 0 amide bonds. The second kappa shape index (κ2) is 10.7. The van der Waals surface area contributed by atoms with Crippen LogP contribution in [0.4, 0.5) is 0 Å². The Hall–Kier alpha value is -1.37. The minimum Gasteiger partial charge on any atom is -0.481 e. The summed E-state index contributed by atoms with van der Waals surface area (Å²) in [5.74, 6) is 1.04. The van der Waals surface area contributed by atoms with Gasteiger partial charge in [-0.3, -0.25) is 0 Å². The van der Waals surface area contributed by atoms with Gasteiger partial charge in [-0.2, -0.15) is 0 Å². The molecular weight excluding hydrogens is 370 g/mol. The Morgan fingerprint density at radius 3 is 2.62 bits per heavy atom. The Labute approximate surface area is 162 Å². The maximum atomic E-state index is 10.3. The van der Waals surface area contributed by atoms with Crippen molar-refractivity contribution in [2.24, 2.45) is 0 Å². The smallest absolute Gasteiger partial charge is 0.151 e. The summed E-state index contributed by atoms with van der Waals surface area (Å²) in [4.78, 5) is 0. The molecule has 3 atom stereocenters. The molecule has 2 aromatic carbocycles. The largest absolute Gasteiger partial charge is 0.481 e. The molecule has 6 heteroatoms. The second-order valence-electron chi connectivity index (χ2n) is 6.13. The SMILES string of the molecule is C/C=S(/O)COc1ccc(C[C@@H](C)NC[C@H](O)c2cccc(Cl)c2)cc1. The van der Waals surface area contributed by atoms with Crippen molar-refractivity contribution in [1.29, 1.82) is 0 Å². The fraction of sp³-hybridized carbons (Fsp3) is 0.350. The molecule has 0 spiro atoms. The van der Waals surface area contributed by atoms with Crippen molar-refractivity contribution in [1.82, 2.24) is 5.32 Å². The second-order valence-corrected chi connectivity index (χ2v) is 8.07. The zero-order valence-corrected chi connectivity index (χ0v) is 16.6. The van der Waals surface area contributed by atoms with Crippen LogP contribution < -0.4 is 10.1 Å². The van der Waals surface area contributed by atoms with Crippen LogP contribution in [-0.2, 0) is 6.42 Å². The van der Waals surface area contributed by atoms with E-state index < -0.39 is 16.9 Å². The number of rotatable bonds is 9. The summed E-state index contributed by atoms with van der Waals surface area (Å²) in [6.07, 6.45) is 0.255. The van der Waals surface area contributed by atoms with Crippen LogP contribution in [0.3, 0.4) is 0 Å². The maximum Gasteiger partial charge on any atom is 0.151 e. The molecule has 0 radical (unpaired) electrons. The summed E-state index contributed by atoms with van der Waals surface area (Å²) in [7, 11) is -0.806. The predicted octanol–water partition coefficient (Wildman–Crippen LogP) is 4.49. The van der Waals surface area contributed by atoms with Crippen molar-refractivity contribution in [2.45, 2.75) is 32.4 Å². The first-order valence-corrected chi connectivity index (χ1v) is 10.3. The molecule has 3 N–H and O–H groups in total. The van der Waals surface area contributed by atoms with Crippen molar-refractivity contribution >= 4 is 27.7 Å². The number of ether oxygens (including phenoxy) is 1. The van der Waals surface area contributed by atoms with Gasteiger partial charge in [0.2, 0.25) is 0 Å². The fourth-order valence-corrected chi connectivity index (χ4v) is 3.08. The lowest BCUT2D eigenvalue weighted by atomic mass is 10.1. The van der Waals surface area contributed by atoms with Gasteiger partial charge in [0.1, 0.15) is 5.75 Å². The van der Waals surface area contributed by atoms with Gasteiger partial charge in [0.15, 0.2) is 5.94 Å². The lowest BCUT2D eigenvalue weighted by Crippen LogP contribution is -2.32. The van der Waals surface area contributed by atoms with Gasteiger partial charge in [-0.15, -0.1) is 0 Å². The van der Waals surface area contributed by atoms with E-state index in [2.05, 4.69) is 12.2 Å². The molecule has 0 saturated carbocycles. The standard InChI is InChI=1S/C20H26ClNO3S/c1-3-26(24)14-25-19-9-7-16(8-10-19)11-15(2)22-13-20(23)17-5-4-6-18(21)12-17/h3-10,12,15,20,22-24H,11,13-14H2,1-2H3/t15-,20+,26?/m1/s1. The third kappa shape index (κ3) is 7.09. The van der Waals surface area contributed by atoms with Crippen molar-refractivity contribution in [3.8, 4) is 5.75 Å². The third-order valence-corrected chi connectivity index (χ3v) is 5.12. The zero-order chi connectivity index (χ0) is 18.9. The summed E-state index contributed by atoms with van der Waals surface area (Å²) in [5.41, 5.74) is 1.99. The highest BCUT2D eigenvalue weighted by atomic mass is 35.5. The van der Waals surface area contributed by atoms with E-state index in [9.17, 15) is 9.66 Å². The average Bonchev–Trinajstić information content (AvgIpc) is 2.65. The van der Waals surface area contributed by atoms with Gasteiger partial charge in [-0.1, -0.05) is 35.9 Å². The first kappa shape index (κ1) is 20.9. The Bertz CT molecular complexity index is 721. The minimum atomic E-state index is -0.806. The van der Waals surface area contributed by atoms with E-state index in [-0.39, 0.29) is 12.0 Å². The number of hydrogen-bond acceptors (Lipinski definition) is 4. The Morgan fingerprint density at radius 1 is 1.23 bits per heavy atom. The number of hydrogen-bond donors (Lipinski definition) is 3. The summed E-state index contributed by atoms with van der Waals surface area (Å²) in [5, 5.41) is 16.0. The average molecular weight is 396 g/mol. The predicted molar refractivity (Wildman–Crippen MR) is 111 cm³/mol. The lowest BCUT2D eigenvalue weighted by Gasteiger charge is -2.18. The highest BCUT2D eigenvalue weighted by Crippen LogP contribution is 2.18. The molecule has 0 fully saturated rings. The van der Waals surface area contributed by atoms with Gasteiger partial charge in [-0.05, 0) is 71.8 Å². The monoisotopic (exact) mass is 395 g/mol. The Kier molecular flexibility index (Phi) is 8.62. The molecule has 0 saturated heterocycles. The quantitative estimate of drug-likeness (QED) is 0.547. The molecule has 0 aromatic heterocycles. The van der Waals surface area contributed by atoms with Crippen LogP contribution in [0.25, 0.3) is 0 Å². The first-order valence-electron chi connectivity index (χ1n) is 8.55. The molecule has 0 bridgehead atoms. The van der Waals surface area contributed by atoms with Gasteiger partial charge < -0.3 is 19.7 Å². The van der Waals surface area contributed by atoms with E-state index in [0.717, 1.165) is 17.7 Å². The van der Waals surface area contributed by atoms with Crippen LogP contribution in [0.5, 0.6) is 5.75 Å². The van der Waals surface area contributed by atoms with Gasteiger partial charge in [0.25, 0.3) is 0 Å². The Balaban J connectivity index is 1.79. The highest BCUT2D eigenvalue weighted by Gasteiger charge is 2.10. The minimum absolute atomic E-state index is 0.216. The molecule has 0 aliphatic rings. The molecule has 0 heterocycles. The summed E-state index contributed by atoms with van der Waals surface area (Å²) < 4.78 is 15.0. The number of aliphatic hydroxyl groups excluding tert-OH is 1. The maximum absolute atomic E-state index is 10.3. The van der Waals surface area contributed by atoms with E-state index in [1.807, 2.05) is 43.3 Å². The van der Waals surface area contributed by atoms with Gasteiger partial charge >= 0.3 is 0 Å². The molecule has 2 rings (SSSR count). The first-order chi connectivity index (χ1) is 12.5. The normalized spacial score (nSPS) is 14.8. The van der Waals surface area contributed by atoms with Crippen LogP contribution in [0.1, 0.15) is 31.1 Å². The van der Waals surface area contributed by atoms with Crippen molar-refractivity contribution in [2.75, 3.05) is 12.5 Å². The van der Waals surface area contributed by atoms with E-state index >= 15 is 0 Å². The lowest BCUT2D eigenvalue weighted by molar-refractivity contribution is 0.170. The van der Waals surface area contributed by atoms with E-state index in [0.29, 0.717) is 11.6 Å². The number of nitrogens with one attached hydrogen (secondary N) is 1. The third-order valence-electron chi connectivity index (χ3n) is 3.98. The molecule has 1 unspecified atom stereocenters. The fourth-order valence-electron chi connectivity index (χ4n) is 2.49. The molecule has 4 nitrogen and oxygen atoms in total. The van der Waals surface area contributed by atoms with Crippen LogP contribution >= 0.6 is 22.4 Å². The zero-order valence-electron chi connectivity index (χ0n) is 15.1. The van der Waals surface area contributed by atoms with Gasteiger partial charge in [0, 0.05) is 17.6 Å². The topological polar surface area (TPSA) is 61.7 Å². The number of halogens is 1. The van der Waals surface area contributed by atoms with E-state index in [1.54, 1.807) is 17.5 Å².